The Kier molecular flexibility index (Phi) is 6.28. The van der Waals surface area contributed by atoms with Gasteiger partial charge in [0.15, 0.2) is 0 Å². The van der Waals surface area contributed by atoms with Gasteiger partial charge in [0.2, 0.25) is 5.91 Å². The number of rotatable bonds is 4. The van der Waals surface area contributed by atoms with E-state index in [0.717, 1.165) is 16.8 Å². The quantitative estimate of drug-likeness (QED) is 0.807. The van der Waals surface area contributed by atoms with Gasteiger partial charge in [0.05, 0.1) is 10.0 Å². The van der Waals surface area contributed by atoms with Crippen LogP contribution in [0.1, 0.15) is 11.1 Å². The molecular weight excluding hydrogens is 361 g/mol. The fourth-order valence-corrected chi connectivity index (χ4v) is 2.57. The maximum Gasteiger partial charge on any atom is 0.322 e. The van der Waals surface area contributed by atoms with Crippen molar-refractivity contribution in [2.45, 2.75) is 13.8 Å². The van der Waals surface area contributed by atoms with Crippen molar-refractivity contribution in [3.05, 3.63) is 57.6 Å². The van der Waals surface area contributed by atoms with Gasteiger partial charge in [-0.05, 0) is 43.2 Å². The van der Waals surface area contributed by atoms with E-state index in [1.54, 1.807) is 18.2 Å². The zero-order valence-corrected chi connectivity index (χ0v) is 15.7. The van der Waals surface area contributed by atoms with E-state index in [1.165, 1.54) is 11.9 Å². The van der Waals surface area contributed by atoms with Crippen LogP contribution in [-0.4, -0.2) is 30.4 Å². The van der Waals surface area contributed by atoms with E-state index in [2.05, 4.69) is 10.6 Å². The molecule has 0 heterocycles. The Labute approximate surface area is 156 Å². The first kappa shape index (κ1) is 19.1. The van der Waals surface area contributed by atoms with Gasteiger partial charge in [-0.2, -0.15) is 0 Å². The summed E-state index contributed by atoms with van der Waals surface area (Å²) in [6, 6.07) is 10.1. The number of nitrogens with one attached hydrogen (secondary N) is 2. The largest absolute Gasteiger partial charge is 0.324 e. The van der Waals surface area contributed by atoms with E-state index in [9.17, 15) is 9.59 Å². The van der Waals surface area contributed by atoms with Crippen molar-refractivity contribution in [3.8, 4) is 0 Å². The lowest BCUT2D eigenvalue weighted by Crippen LogP contribution is -2.37. The third-order valence-electron chi connectivity index (χ3n) is 3.64. The van der Waals surface area contributed by atoms with Crippen LogP contribution in [-0.2, 0) is 4.79 Å². The summed E-state index contributed by atoms with van der Waals surface area (Å²) in [5.74, 6) is -0.274. The van der Waals surface area contributed by atoms with Crippen LogP contribution in [0.3, 0.4) is 0 Å². The standard InChI is InChI=1S/C18H19Cl2N3O2/c1-11-5-4-6-12(2)17(11)22-16(24)10-23(3)18(25)21-13-7-8-14(19)15(20)9-13/h4-9H,10H2,1-3H3,(H,21,25)(H,22,24). The smallest absolute Gasteiger partial charge is 0.322 e. The highest BCUT2D eigenvalue weighted by atomic mass is 35.5. The van der Waals surface area contributed by atoms with Gasteiger partial charge in [-0.25, -0.2) is 4.79 Å². The molecule has 0 fully saturated rings. The second-order valence-electron chi connectivity index (χ2n) is 5.73. The molecule has 0 radical (unpaired) electrons. The monoisotopic (exact) mass is 379 g/mol. The molecule has 2 N–H and O–H groups in total. The predicted octanol–water partition coefficient (Wildman–Crippen LogP) is 4.71. The molecule has 2 aromatic rings. The van der Waals surface area contributed by atoms with Gasteiger partial charge >= 0.3 is 6.03 Å². The molecule has 0 spiro atoms. The first-order chi connectivity index (χ1) is 11.8. The summed E-state index contributed by atoms with van der Waals surface area (Å²) in [6.45, 7) is 3.76. The molecular formula is C18H19Cl2N3O2. The van der Waals surface area contributed by atoms with Crippen molar-refractivity contribution in [1.29, 1.82) is 0 Å². The topological polar surface area (TPSA) is 61.4 Å². The van der Waals surface area contributed by atoms with E-state index in [0.29, 0.717) is 15.7 Å². The summed E-state index contributed by atoms with van der Waals surface area (Å²) in [5.41, 5.74) is 3.21. The molecule has 0 bridgehead atoms. The van der Waals surface area contributed by atoms with Gasteiger partial charge in [-0.3, -0.25) is 4.79 Å². The number of halogens is 2. The zero-order chi connectivity index (χ0) is 18.6. The van der Waals surface area contributed by atoms with Crippen LogP contribution in [0, 0.1) is 13.8 Å². The summed E-state index contributed by atoms with van der Waals surface area (Å²) in [6.07, 6.45) is 0. The molecule has 7 heteroatoms. The molecule has 132 valence electrons. The molecule has 0 aliphatic carbocycles. The number of carbonyl (C=O) groups is 2. The first-order valence-corrected chi connectivity index (χ1v) is 8.36. The molecule has 0 unspecified atom stereocenters. The maximum absolute atomic E-state index is 12.2. The van der Waals surface area contributed by atoms with Gasteiger partial charge in [0.1, 0.15) is 6.54 Å². The lowest BCUT2D eigenvalue weighted by atomic mass is 10.1. The minimum Gasteiger partial charge on any atom is -0.324 e. The Balaban J connectivity index is 1.96. The Bertz CT molecular complexity index is 789. The SMILES string of the molecule is Cc1cccc(C)c1NC(=O)CN(C)C(=O)Nc1ccc(Cl)c(Cl)c1. The van der Waals surface area contributed by atoms with Crippen molar-refractivity contribution >= 4 is 46.5 Å². The highest BCUT2D eigenvalue weighted by Crippen LogP contribution is 2.25. The van der Waals surface area contributed by atoms with Gasteiger partial charge < -0.3 is 15.5 Å². The Morgan fingerprint density at radius 3 is 2.24 bits per heavy atom. The van der Waals surface area contributed by atoms with Gasteiger partial charge in [0.25, 0.3) is 0 Å². The molecule has 0 aliphatic heterocycles. The van der Waals surface area contributed by atoms with Gasteiger partial charge in [-0.15, -0.1) is 0 Å². The molecule has 5 nitrogen and oxygen atoms in total. The number of benzene rings is 2. The number of amides is 3. The Morgan fingerprint density at radius 2 is 1.64 bits per heavy atom. The van der Waals surface area contributed by atoms with E-state index in [-0.39, 0.29) is 12.5 Å². The number of anilines is 2. The van der Waals surface area contributed by atoms with Crippen LogP contribution in [0.2, 0.25) is 10.0 Å². The summed E-state index contributed by atoms with van der Waals surface area (Å²) in [7, 11) is 1.54. The molecule has 0 saturated heterocycles. The molecule has 0 atom stereocenters. The number of hydrogen-bond donors (Lipinski definition) is 2. The van der Waals surface area contributed by atoms with E-state index in [4.69, 9.17) is 23.2 Å². The molecule has 0 aliphatic rings. The number of hydrogen-bond acceptors (Lipinski definition) is 2. The minimum absolute atomic E-state index is 0.0824. The molecule has 25 heavy (non-hydrogen) atoms. The summed E-state index contributed by atoms with van der Waals surface area (Å²) in [4.78, 5) is 25.7. The van der Waals surface area contributed by atoms with Crippen molar-refractivity contribution in [3.63, 3.8) is 0 Å². The van der Waals surface area contributed by atoms with E-state index in [1.807, 2.05) is 32.0 Å². The number of likely N-dealkylation sites (N-methyl/N-ethyl adjacent to an activating group) is 1. The fourth-order valence-electron chi connectivity index (χ4n) is 2.27. The number of carbonyl (C=O) groups excluding carboxylic acids is 2. The first-order valence-electron chi connectivity index (χ1n) is 7.61. The summed E-state index contributed by atoms with van der Waals surface area (Å²) < 4.78 is 0. The Morgan fingerprint density at radius 1 is 1.00 bits per heavy atom. The maximum atomic E-state index is 12.2. The van der Waals surface area contributed by atoms with Crippen molar-refractivity contribution in [1.82, 2.24) is 4.90 Å². The van der Waals surface area contributed by atoms with Crippen molar-refractivity contribution in [2.24, 2.45) is 0 Å². The van der Waals surface area contributed by atoms with Crippen LogP contribution >= 0.6 is 23.2 Å². The molecule has 0 saturated carbocycles. The number of aryl methyl sites for hydroxylation is 2. The molecule has 0 aromatic heterocycles. The van der Waals surface area contributed by atoms with Gasteiger partial charge in [-0.1, -0.05) is 41.4 Å². The van der Waals surface area contributed by atoms with Crippen molar-refractivity contribution in [2.75, 3.05) is 24.2 Å². The molecule has 3 amide bonds. The predicted molar refractivity (Wildman–Crippen MR) is 103 cm³/mol. The van der Waals surface area contributed by atoms with E-state index < -0.39 is 6.03 Å². The second kappa shape index (κ2) is 8.23. The van der Waals surface area contributed by atoms with Crippen LogP contribution in [0.5, 0.6) is 0 Å². The summed E-state index contributed by atoms with van der Waals surface area (Å²) >= 11 is 11.8. The number of para-hydroxylation sites is 1. The highest BCUT2D eigenvalue weighted by Gasteiger charge is 2.15. The fraction of sp³-hybridized carbons (Fsp3) is 0.222. The lowest BCUT2D eigenvalue weighted by molar-refractivity contribution is -0.116. The third kappa shape index (κ3) is 5.11. The van der Waals surface area contributed by atoms with Gasteiger partial charge in [0, 0.05) is 18.4 Å². The zero-order valence-electron chi connectivity index (χ0n) is 14.2. The second-order valence-corrected chi connectivity index (χ2v) is 6.54. The van der Waals surface area contributed by atoms with Crippen molar-refractivity contribution < 1.29 is 9.59 Å². The average molecular weight is 380 g/mol. The molecule has 2 aromatic carbocycles. The van der Waals surface area contributed by atoms with E-state index >= 15 is 0 Å². The van der Waals surface area contributed by atoms with Crippen LogP contribution < -0.4 is 10.6 Å². The normalized spacial score (nSPS) is 10.3. The number of nitrogens with zero attached hydrogens (tertiary/aromatic N) is 1. The van der Waals surface area contributed by atoms with Crippen LogP contribution in [0.25, 0.3) is 0 Å². The summed E-state index contributed by atoms with van der Waals surface area (Å²) in [5, 5.41) is 6.26. The minimum atomic E-state index is -0.421. The number of urea groups is 1. The molecule has 2 rings (SSSR count). The third-order valence-corrected chi connectivity index (χ3v) is 4.38. The van der Waals surface area contributed by atoms with Crippen LogP contribution in [0.4, 0.5) is 16.2 Å². The Hall–Kier alpha value is -2.24. The average Bonchev–Trinajstić information content (AvgIpc) is 2.54. The van der Waals surface area contributed by atoms with Crippen LogP contribution in [0.15, 0.2) is 36.4 Å². The lowest BCUT2D eigenvalue weighted by Gasteiger charge is -2.19. The highest BCUT2D eigenvalue weighted by molar-refractivity contribution is 6.42.